The van der Waals surface area contributed by atoms with Gasteiger partial charge in [0.05, 0.1) is 0 Å². The van der Waals surface area contributed by atoms with Crippen molar-refractivity contribution in [3.8, 4) is 0 Å². The van der Waals surface area contributed by atoms with Crippen molar-refractivity contribution in [2.45, 2.75) is 51.2 Å². The average molecular weight is 287 g/mol. The lowest BCUT2D eigenvalue weighted by Gasteiger charge is -2.33. The molecule has 1 aromatic carbocycles. The molecule has 3 nitrogen and oxygen atoms in total. The molecule has 0 radical (unpaired) electrons. The van der Waals surface area contributed by atoms with Gasteiger partial charge in [-0.2, -0.15) is 0 Å². The molecule has 2 aliphatic rings. The van der Waals surface area contributed by atoms with E-state index in [9.17, 15) is 0 Å². The van der Waals surface area contributed by atoms with Gasteiger partial charge in [0.1, 0.15) is 0 Å². The van der Waals surface area contributed by atoms with Crippen molar-refractivity contribution in [3.63, 3.8) is 0 Å². The number of rotatable bonds is 4. The molecule has 0 bridgehead atoms. The highest BCUT2D eigenvalue weighted by molar-refractivity contribution is 5.30. The van der Waals surface area contributed by atoms with Crippen LogP contribution in [0, 0.1) is 6.92 Å². The number of hydrogen-bond acceptors (Lipinski definition) is 3. The topological polar surface area (TPSA) is 32.5 Å². The van der Waals surface area contributed by atoms with Gasteiger partial charge in [0, 0.05) is 31.2 Å². The van der Waals surface area contributed by atoms with E-state index in [-0.39, 0.29) is 6.04 Å². The minimum atomic E-state index is 0.170. The Labute approximate surface area is 129 Å². The van der Waals surface area contributed by atoms with Gasteiger partial charge in [-0.25, -0.2) is 0 Å². The molecular formula is C18H29N3. The van der Waals surface area contributed by atoms with Crippen LogP contribution < -0.4 is 5.73 Å². The highest BCUT2D eigenvalue weighted by Crippen LogP contribution is 2.31. The lowest BCUT2D eigenvalue weighted by atomic mass is 9.95. The van der Waals surface area contributed by atoms with Crippen LogP contribution in [0.1, 0.15) is 43.4 Å². The van der Waals surface area contributed by atoms with Gasteiger partial charge in [0.2, 0.25) is 0 Å². The highest BCUT2D eigenvalue weighted by atomic mass is 15.3. The fourth-order valence-corrected chi connectivity index (χ4v) is 4.16. The van der Waals surface area contributed by atoms with E-state index in [2.05, 4.69) is 47.9 Å². The Morgan fingerprint density at radius 3 is 2.52 bits per heavy atom. The summed E-state index contributed by atoms with van der Waals surface area (Å²) in [6.07, 6.45) is 4.06. The molecule has 1 aromatic rings. The van der Waals surface area contributed by atoms with Crippen molar-refractivity contribution < 1.29 is 0 Å². The second-order valence-electron chi connectivity index (χ2n) is 6.84. The van der Waals surface area contributed by atoms with Gasteiger partial charge in [-0.15, -0.1) is 0 Å². The highest BCUT2D eigenvalue weighted by Gasteiger charge is 2.34. The maximum Gasteiger partial charge on any atom is 0.0499 e. The zero-order chi connectivity index (χ0) is 14.8. The Morgan fingerprint density at radius 1 is 1.14 bits per heavy atom. The molecule has 0 saturated carbocycles. The summed E-state index contributed by atoms with van der Waals surface area (Å²) in [5.41, 5.74) is 9.14. The Kier molecular flexibility index (Phi) is 4.63. The normalized spacial score (nSPS) is 27.1. The summed E-state index contributed by atoms with van der Waals surface area (Å²) in [6, 6.07) is 10.0. The first-order valence-electron chi connectivity index (χ1n) is 8.46. The third-order valence-electron chi connectivity index (χ3n) is 5.25. The number of nitrogens with two attached hydrogens (primary N) is 1. The number of benzene rings is 1. The predicted molar refractivity (Wildman–Crippen MR) is 88.4 cm³/mol. The van der Waals surface area contributed by atoms with Gasteiger partial charge in [-0.3, -0.25) is 9.80 Å². The minimum absolute atomic E-state index is 0.170. The average Bonchev–Trinajstić information content (AvgIpc) is 3.11. The summed E-state index contributed by atoms with van der Waals surface area (Å²) < 4.78 is 0. The third kappa shape index (κ3) is 3.15. The first-order valence-corrected chi connectivity index (χ1v) is 8.46. The Balaban J connectivity index is 1.75. The molecule has 21 heavy (non-hydrogen) atoms. The molecule has 0 aliphatic carbocycles. The summed E-state index contributed by atoms with van der Waals surface area (Å²) in [4.78, 5) is 5.31. The summed E-state index contributed by atoms with van der Waals surface area (Å²) >= 11 is 0. The smallest absolute Gasteiger partial charge is 0.0499 e. The largest absolute Gasteiger partial charge is 0.326 e. The first kappa shape index (κ1) is 15.0. The molecule has 3 unspecified atom stereocenters. The van der Waals surface area contributed by atoms with Crippen molar-refractivity contribution in [1.82, 2.24) is 9.80 Å². The van der Waals surface area contributed by atoms with E-state index in [0.717, 1.165) is 6.04 Å². The molecule has 3 atom stereocenters. The maximum atomic E-state index is 6.36. The molecule has 2 heterocycles. The summed E-state index contributed by atoms with van der Waals surface area (Å²) in [5, 5.41) is 0. The van der Waals surface area contributed by atoms with Crippen LogP contribution in [0.15, 0.2) is 24.3 Å². The monoisotopic (exact) mass is 287 g/mol. The van der Waals surface area contributed by atoms with E-state index in [0.29, 0.717) is 6.04 Å². The molecule has 116 valence electrons. The number of aryl methyl sites for hydroxylation is 1. The molecular weight excluding hydrogens is 258 g/mol. The lowest BCUT2D eigenvalue weighted by molar-refractivity contribution is 0.185. The molecule has 2 saturated heterocycles. The summed E-state index contributed by atoms with van der Waals surface area (Å²) in [5.74, 6) is 0. The van der Waals surface area contributed by atoms with Gasteiger partial charge in [0.25, 0.3) is 0 Å². The Bertz CT molecular complexity index is 465. The standard InChI is InChI=1S/C18H29N3/c1-14-7-3-4-8-17(14)18(15(2)19)21-12-9-16(13-21)20-10-5-6-11-20/h3-4,7-8,15-16,18H,5-6,9-13,19H2,1-2H3. The van der Waals surface area contributed by atoms with Crippen LogP contribution in [0.2, 0.25) is 0 Å². The predicted octanol–water partition coefficient (Wildman–Crippen LogP) is 2.55. The van der Waals surface area contributed by atoms with Gasteiger partial charge >= 0.3 is 0 Å². The first-order chi connectivity index (χ1) is 10.2. The second-order valence-corrected chi connectivity index (χ2v) is 6.84. The van der Waals surface area contributed by atoms with E-state index in [1.54, 1.807) is 0 Å². The molecule has 0 aromatic heterocycles. The lowest BCUT2D eigenvalue weighted by Crippen LogP contribution is -2.41. The molecule has 2 N–H and O–H groups in total. The van der Waals surface area contributed by atoms with Gasteiger partial charge in [0.15, 0.2) is 0 Å². The van der Waals surface area contributed by atoms with Gasteiger partial charge < -0.3 is 5.73 Å². The van der Waals surface area contributed by atoms with E-state index in [1.165, 1.54) is 56.6 Å². The van der Waals surface area contributed by atoms with Crippen LogP contribution in [0.5, 0.6) is 0 Å². The van der Waals surface area contributed by atoms with E-state index in [4.69, 9.17) is 5.73 Å². The van der Waals surface area contributed by atoms with Crippen molar-refractivity contribution in [1.29, 1.82) is 0 Å². The van der Waals surface area contributed by atoms with E-state index >= 15 is 0 Å². The van der Waals surface area contributed by atoms with Gasteiger partial charge in [-0.05, 0) is 57.3 Å². The van der Waals surface area contributed by atoms with Crippen molar-refractivity contribution in [2.75, 3.05) is 26.2 Å². The molecule has 0 amide bonds. The fraction of sp³-hybridized carbons (Fsp3) is 0.667. The van der Waals surface area contributed by atoms with Gasteiger partial charge in [-0.1, -0.05) is 24.3 Å². The van der Waals surface area contributed by atoms with Crippen molar-refractivity contribution in [2.24, 2.45) is 5.73 Å². The zero-order valence-electron chi connectivity index (χ0n) is 13.5. The number of nitrogens with zero attached hydrogens (tertiary/aromatic N) is 2. The number of likely N-dealkylation sites (tertiary alicyclic amines) is 2. The molecule has 0 spiro atoms. The molecule has 2 aliphatic heterocycles. The molecule has 3 heteroatoms. The van der Waals surface area contributed by atoms with Crippen molar-refractivity contribution in [3.05, 3.63) is 35.4 Å². The van der Waals surface area contributed by atoms with E-state index < -0.39 is 0 Å². The van der Waals surface area contributed by atoms with Crippen LogP contribution in [0.4, 0.5) is 0 Å². The fourth-order valence-electron chi connectivity index (χ4n) is 4.16. The second kappa shape index (κ2) is 6.47. The van der Waals surface area contributed by atoms with Crippen LogP contribution >= 0.6 is 0 Å². The minimum Gasteiger partial charge on any atom is -0.326 e. The van der Waals surface area contributed by atoms with E-state index in [1.807, 2.05) is 0 Å². The maximum absolute atomic E-state index is 6.36. The summed E-state index contributed by atoms with van der Waals surface area (Å²) in [7, 11) is 0. The van der Waals surface area contributed by atoms with Crippen LogP contribution in [-0.4, -0.2) is 48.1 Å². The Hall–Kier alpha value is -0.900. The van der Waals surface area contributed by atoms with Crippen molar-refractivity contribution >= 4 is 0 Å². The third-order valence-corrected chi connectivity index (χ3v) is 5.25. The summed E-state index contributed by atoms with van der Waals surface area (Å²) in [6.45, 7) is 9.32. The van der Waals surface area contributed by atoms with Crippen LogP contribution in [-0.2, 0) is 0 Å². The van der Waals surface area contributed by atoms with Crippen LogP contribution in [0.25, 0.3) is 0 Å². The SMILES string of the molecule is Cc1ccccc1C(C(C)N)N1CCC(N2CCCC2)C1. The molecule has 3 rings (SSSR count). The zero-order valence-corrected chi connectivity index (χ0v) is 13.5. The quantitative estimate of drug-likeness (QED) is 0.924. The van der Waals surface area contributed by atoms with Crippen LogP contribution in [0.3, 0.4) is 0 Å². The Morgan fingerprint density at radius 2 is 1.86 bits per heavy atom. The molecule has 2 fully saturated rings. The number of hydrogen-bond donors (Lipinski definition) is 1.